The molecule has 75 heavy (non-hydrogen) atoms. The molecule has 1 aliphatic rings. The second-order valence-corrected chi connectivity index (χ2v) is 18.7. The monoisotopic (exact) mass is 1080 g/mol. The second kappa shape index (κ2) is 31.2. The normalized spacial score (nSPS) is 23.6. The van der Waals surface area contributed by atoms with Crippen molar-refractivity contribution in [1.82, 2.24) is 53.2 Å². The Morgan fingerprint density at radius 1 is 0.693 bits per heavy atom. The van der Waals surface area contributed by atoms with Gasteiger partial charge in [0.25, 0.3) is 5.91 Å². The van der Waals surface area contributed by atoms with Crippen LogP contribution in [0.15, 0.2) is 47.1 Å². The van der Waals surface area contributed by atoms with Crippen molar-refractivity contribution in [3.05, 3.63) is 59.0 Å². The highest BCUT2D eigenvalue weighted by atomic mass is 35.5. The van der Waals surface area contributed by atoms with Gasteiger partial charge in [0.2, 0.25) is 53.2 Å². The average Bonchev–Trinajstić information content (AvgIpc) is 3.80. The Kier molecular flexibility index (Phi) is 26.0. The molecule has 27 nitrogen and oxygen atoms in total. The fourth-order valence-corrected chi connectivity index (χ4v) is 7.73. The predicted molar refractivity (Wildman–Crippen MR) is 269 cm³/mol. The summed E-state index contributed by atoms with van der Waals surface area (Å²) in [5, 5.41) is 56.0. The van der Waals surface area contributed by atoms with Gasteiger partial charge >= 0.3 is 0 Å². The van der Waals surface area contributed by atoms with E-state index in [1.54, 1.807) is 44.2 Å². The van der Waals surface area contributed by atoms with Gasteiger partial charge in [0.1, 0.15) is 60.6 Å². The molecule has 0 spiro atoms. The van der Waals surface area contributed by atoms with Crippen LogP contribution in [0.25, 0.3) is 0 Å². The highest BCUT2D eigenvalue weighted by molar-refractivity contribution is 6.30. The standard InChI is InChI=1S/C47H72ClN13O14/c1-23(2)18-32-42(69)55-28(10-14-49)38(65)54-30(12-16-51)41(68)60-36(24(3)63)46(73)52-17-13-31(40(67)53-29(11-15-50)39(66)58-33(43(70)57-32)19-26-8-6-5-7-9-26)56-44(71)34(21-62)59-47(74)37(25(4)64)61-45(72)35-20-27(48)22-75-35/h5-9,20,22-25,28-34,36-37,62-64H,10-19,21,49-51H2,1-4H3,(H,52,73)(H,53,67)(H,54,65)(H,55,69)(H,56,71)(H,57,70)(H,58,66)(H,59,74)(H,60,68)(H,61,72)/t24-,25-,28+,29+,30+,31+,32+,33-,34-,36+,37+/m1/s1. The summed E-state index contributed by atoms with van der Waals surface area (Å²) in [6.07, 6.45) is -3.25. The number of halogens is 1. The molecule has 0 saturated carbocycles. The first-order valence-electron chi connectivity index (χ1n) is 24.4. The van der Waals surface area contributed by atoms with Crippen molar-refractivity contribution < 1.29 is 67.7 Å². The van der Waals surface area contributed by atoms with Crippen molar-refractivity contribution in [2.75, 3.05) is 32.8 Å². The lowest BCUT2D eigenvalue weighted by Crippen LogP contribution is -2.61. The summed E-state index contributed by atoms with van der Waals surface area (Å²) in [7, 11) is 0. The van der Waals surface area contributed by atoms with E-state index in [1.165, 1.54) is 6.92 Å². The van der Waals surface area contributed by atoms with Crippen LogP contribution in [-0.2, 0) is 49.6 Å². The number of aliphatic hydroxyl groups excluding tert-OH is 3. The maximum Gasteiger partial charge on any atom is 0.287 e. The van der Waals surface area contributed by atoms with E-state index in [-0.39, 0.29) is 68.4 Å². The van der Waals surface area contributed by atoms with Crippen LogP contribution in [-0.4, -0.2) is 174 Å². The number of nitrogens with one attached hydrogen (secondary N) is 10. The highest BCUT2D eigenvalue weighted by Crippen LogP contribution is 2.14. The molecular weight excluding hydrogens is 1010 g/mol. The first kappa shape index (κ1) is 62.5. The largest absolute Gasteiger partial charge is 0.458 e. The number of furan rings is 1. The summed E-state index contributed by atoms with van der Waals surface area (Å²) in [6.45, 7) is 3.82. The second-order valence-electron chi connectivity index (χ2n) is 18.3. The third-order valence-electron chi connectivity index (χ3n) is 11.6. The van der Waals surface area contributed by atoms with Crippen molar-refractivity contribution in [2.45, 2.75) is 133 Å². The van der Waals surface area contributed by atoms with Crippen molar-refractivity contribution in [3.63, 3.8) is 0 Å². The fourth-order valence-electron chi connectivity index (χ4n) is 7.59. The molecule has 2 aromatic rings. The van der Waals surface area contributed by atoms with Crippen LogP contribution in [0.2, 0.25) is 5.02 Å². The molecule has 19 N–H and O–H groups in total. The lowest BCUT2D eigenvalue weighted by molar-refractivity contribution is -0.136. The van der Waals surface area contributed by atoms with Gasteiger partial charge in [0.05, 0.1) is 23.8 Å². The predicted octanol–water partition coefficient (Wildman–Crippen LogP) is -5.48. The molecule has 1 aromatic heterocycles. The van der Waals surface area contributed by atoms with Crippen LogP contribution in [0.4, 0.5) is 0 Å². The Labute approximate surface area is 438 Å². The van der Waals surface area contributed by atoms with E-state index in [9.17, 15) is 63.3 Å². The van der Waals surface area contributed by atoms with Crippen LogP contribution < -0.4 is 70.4 Å². The number of carbonyl (C=O) groups excluding carboxylic acids is 10. The number of hydrogen-bond acceptors (Lipinski definition) is 17. The number of rotatable bonds is 19. The van der Waals surface area contributed by atoms with Crippen molar-refractivity contribution in [1.29, 1.82) is 0 Å². The van der Waals surface area contributed by atoms with Gasteiger partial charge < -0.3 is 90.1 Å². The van der Waals surface area contributed by atoms with Gasteiger partial charge in [-0.3, -0.25) is 47.9 Å². The number of carbonyl (C=O) groups is 10. The lowest BCUT2D eigenvalue weighted by atomic mass is 10.00. The molecule has 1 fully saturated rings. The molecule has 1 aliphatic heterocycles. The van der Waals surface area contributed by atoms with E-state index in [0.29, 0.717) is 5.56 Å². The number of benzene rings is 1. The van der Waals surface area contributed by atoms with Crippen LogP contribution >= 0.6 is 11.6 Å². The number of hydrogen-bond donors (Lipinski definition) is 16. The minimum Gasteiger partial charge on any atom is -0.458 e. The Morgan fingerprint density at radius 3 is 1.69 bits per heavy atom. The fraction of sp³-hybridized carbons (Fsp3) is 0.574. The smallest absolute Gasteiger partial charge is 0.287 e. The first-order valence-corrected chi connectivity index (χ1v) is 24.8. The van der Waals surface area contributed by atoms with Gasteiger partial charge in [0, 0.05) is 19.0 Å². The van der Waals surface area contributed by atoms with Gasteiger partial charge in [-0.05, 0) is 77.1 Å². The van der Waals surface area contributed by atoms with Crippen molar-refractivity contribution >= 4 is 70.7 Å². The summed E-state index contributed by atoms with van der Waals surface area (Å²) in [5.74, 6) is -10.4. The summed E-state index contributed by atoms with van der Waals surface area (Å²) in [6, 6.07) is -4.38. The Hall–Kier alpha value is -6.75. The van der Waals surface area contributed by atoms with E-state index in [4.69, 9.17) is 33.2 Å². The highest BCUT2D eigenvalue weighted by Gasteiger charge is 2.37. The Morgan fingerprint density at radius 2 is 1.20 bits per heavy atom. The van der Waals surface area contributed by atoms with Gasteiger partial charge in [0.15, 0.2) is 5.76 Å². The molecule has 0 unspecified atom stereocenters. The zero-order valence-corrected chi connectivity index (χ0v) is 42.9. The molecule has 10 amide bonds. The molecule has 0 aliphatic carbocycles. The van der Waals surface area contributed by atoms with Gasteiger partial charge in [-0.15, -0.1) is 0 Å². The summed E-state index contributed by atoms with van der Waals surface area (Å²) >= 11 is 5.83. The van der Waals surface area contributed by atoms with E-state index in [1.807, 2.05) is 0 Å². The topological polar surface area (TPSA) is 443 Å². The van der Waals surface area contributed by atoms with E-state index < -0.39 is 145 Å². The number of nitrogens with two attached hydrogens (primary N) is 3. The maximum absolute atomic E-state index is 14.3. The SMILES string of the molecule is CC(C)C[C@@H]1NC(=O)[C@@H](Cc2ccccc2)NC(=O)[C@H](CCN)NC(=O)[C@@H](NC(=O)[C@@H](CO)NC(=O)[C@@H](NC(=O)c2cc(Cl)co2)[C@@H](C)O)CCNC(=O)[C@H]([C@@H](C)O)NC(=O)[C@H](CCN)NC(=O)[C@H](CCN)NC1=O. The molecule has 28 heteroatoms. The van der Waals surface area contributed by atoms with E-state index in [0.717, 1.165) is 19.3 Å². The molecule has 11 atom stereocenters. The zero-order chi connectivity index (χ0) is 55.9. The third-order valence-corrected chi connectivity index (χ3v) is 11.8. The third kappa shape index (κ3) is 20.1. The van der Waals surface area contributed by atoms with E-state index in [2.05, 4.69) is 53.2 Å². The molecule has 1 aromatic carbocycles. The van der Waals surface area contributed by atoms with Crippen LogP contribution in [0.3, 0.4) is 0 Å². The molecule has 416 valence electrons. The molecule has 0 radical (unpaired) electrons. The number of amides is 10. The Bertz CT molecular complexity index is 2270. The molecule has 2 heterocycles. The summed E-state index contributed by atoms with van der Waals surface area (Å²) < 4.78 is 5.03. The summed E-state index contributed by atoms with van der Waals surface area (Å²) in [4.78, 5) is 138. The maximum atomic E-state index is 14.3. The molecule has 0 bridgehead atoms. The van der Waals surface area contributed by atoms with Gasteiger partial charge in [-0.25, -0.2) is 0 Å². The van der Waals surface area contributed by atoms with Crippen LogP contribution in [0.5, 0.6) is 0 Å². The molecule has 3 rings (SSSR count). The zero-order valence-electron chi connectivity index (χ0n) is 42.2. The average molecular weight is 1080 g/mol. The minimum absolute atomic E-state index is 0.0422. The van der Waals surface area contributed by atoms with Crippen molar-refractivity contribution in [2.24, 2.45) is 23.1 Å². The van der Waals surface area contributed by atoms with Crippen LogP contribution in [0, 0.1) is 5.92 Å². The lowest BCUT2D eigenvalue weighted by Gasteiger charge is -2.28. The van der Waals surface area contributed by atoms with Gasteiger partial charge in [-0.1, -0.05) is 55.8 Å². The van der Waals surface area contributed by atoms with Crippen LogP contribution in [0.1, 0.15) is 75.9 Å². The Balaban J connectivity index is 2.09. The van der Waals surface area contributed by atoms with Crippen molar-refractivity contribution in [3.8, 4) is 0 Å². The molecular formula is C47H72ClN13O14. The minimum atomic E-state index is -1.86. The quantitative estimate of drug-likeness (QED) is 0.0624. The number of aliphatic hydroxyl groups is 3. The van der Waals surface area contributed by atoms with E-state index >= 15 is 0 Å². The summed E-state index contributed by atoms with van der Waals surface area (Å²) in [5.41, 5.74) is 18.1. The first-order chi connectivity index (χ1) is 35.5. The van der Waals surface area contributed by atoms with Gasteiger partial charge in [-0.2, -0.15) is 0 Å². The molecule has 1 saturated heterocycles.